The lowest BCUT2D eigenvalue weighted by Gasteiger charge is -2.12. The molecule has 0 aliphatic carbocycles. The molecule has 0 bridgehead atoms. The summed E-state index contributed by atoms with van der Waals surface area (Å²) >= 11 is 8.63. The molecule has 2 amide bonds. The topological polar surface area (TPSA) is 93.5 Å². The van der Waals surface area contributed by atoms with E-state index in [0.29, 0.717) is 33.6 Å². The van der Waals surface area contributed by atoms with Gasteiger partial charge in [-0.25, -0.2) is 0 Å². The first-order chi connectivity index (χ1) is 14.9. The van der Waals surface area contributed by atoms with Gasteiger partial charge in [-0.2, -0.15) is 0 Å². The molecule has 0 saturated carbocycles. The molecule has 4 N–H and O–H groups in total. The Morgan fingerprint density at radius 2 is 1.74 bits per heavy atom. The van der Waals surface area contributed by atoms with Gasteiger partial charge in [-0.05, 0) is 70.1 Å². The Morgan fingerprint density at radius 3 is 2.45 bits per heavy atom. The molecule has 0 saturated heterocycles. The van der Waals surface area contributed by atoms with E-state index in [1.165, 1.54) is 5.56 Å². The number of thiocarbonyl (C=S) groups is 1. The van der Waals surface area contributed by atoms with E-state index in [4.69, 9.17) is 22.7 Å². The van der Waals surface area contributed by atoms with Crippen molar-refractivity contribution in [3.63, 3.8) is 0 Å². The monoisotopic (exact) mass is 497 g/mol. The zero-order valence-electron chi connectivity index (χ0n) is 16.4. The van der Waals surface area contributed by atoms with Crippen LogP contribution in [0.25, 0.3) is 0 Å². The van der Waals surface area contributed by atoms with Crippen LogP contribution in [0.15, 0.2) is 77.3 Å². The number of hydrogen-bond donors (Lipinski definition) is 3. The summed E-state index contributed by atoms with van der Waals surface area (Å²) in [5.41, 5.74) is 7.76. The van der Waals surface area contributed by atoms with Gasteiger partial charge in [0, 0.05) is 23.2 Å². The first-order valence-corrected chi connectivity index (χ1v) is 10.6. The highest BCUT2D eigenvalue weighted by Crippen LogP contribution is 2.26. The molecular formula is C23H20BrN3O3S. The molecule has 0 heterocycles. The summed E-state index contributed by atoms with van der Waals surface area (Å²) in [4.78, 5) is 23.8. The molecule has 8 heteroatoms. The zero-order chi connectivity index (χ0) is 22.2. The normalized spacial score (nSPS) is 10.2. The molecule has 0 aliphatic rings. The smallest absolute Gasteiger partial charge is 0.257 e. The minimum absolute atomic E-state index is 0.103. The average molecular weight is 498 g/mol. The third-order valence-electron chi connectivity index (χ3n) is 4.32. The summed E-state index contributed by atoms with van der Waals surface area (Å²) in [5.74, 6) is -0.272. The van der Waals surface area contributed by atoms with Crippen LogP contribution in [-0.2, 0) is 6.42 Å². The second-order valence-corrected chi connectivity index (χ2v) is 7.85. The largest absolute Gasteiger partial charge is 0.492 e. The number of anilines is 1. The Balaban J connectivity index is 1.55. The lowest BCUT2D eigenvalue weighted by molar-refractivity contribution is 0.0974. The van der Waals surface area contributed by atoms with Crippen molar-refractivity contribution in [2.24, 2.45) is 5.73 Å². The Hall–Kier alpha value is -3.23. The van der Waals surface area contributed by atoms with E-state index in [1.54, 1.807) is 42.5 Å². The number of nitrogens with one attached hydrogen (secondary N) is 2. The number of benzene rings is 3. The first-order valence-electron chi connectivity index (χ1n) is 9.41. The van der Waals surface area contributed by atoms with Crippen molar-refractivity contribution < 1.29 is 14.3 Å². The number of hydrogen-bond acceptors (Lipinski definition) is 4. The van der Waals surface area contributed by atoms with Gasteiger partial charge in [0.05, 0.1) is 11.1 Å². The summed E-state index contributed by atoms with van der Waals surface area (Å²) in [6, 6.07) is 21.6. The van der Waals surface area contributed by atoms with Crippen LogP contribution in [0, 0.1) is 0 Å². The van der Waals surface area contributed by atoms with Crippen LogP contribution in [0.5, 0.6) is 5.75 Å². The van der Waals surface area contributed by atoms with Crippen molar-refractivity contribution in [3.05, 3.63) is 94.0 Å². The Morgan fingerprint density at radius 1 is 0.968 bits per heavy atom. The molecule has 0 fully saturated rings. The molecule has 0 spiro atoms. The highest BCUT2D eigenvalue weighted by atomic mass is 79.9. The first kappa shape index (κ1) is 22.5. The van der Waals surface area contributed by atoms with E-state index < -0.39 is 5.91 Å². The fraction of sp³-hybridized carbons (Fsp3) is 0.0870. The number of nitrogens with two attached hydrogens (primary N) is 1. The highest BCUT2D eigenvalue weighted by molar-refractivity contribution is 9.10. The number of halogens is 1. The Kier molecular flexibility index (Phi) is 7.75. The third kappa shape index (κ3) is 6.63. The van der Waals surface area contributed by atoms with Crippen LogP contribution in [0.1, 0.15) is 26.3 Å². The number of rotatable bonds is 7. The zero-order valence-corrected chi connectivity index (χ0v) is 18.8. The number of ether oxygens (including phenoxy) is 1. The standard InChI is InChI=1S/C23H20BrN3O3S/c24-19-14-17(9-10-20(19)30-12-11-15-5-2-1-3-6-15)22(29)27-23(31)26-18-8-4-7-16(13-18)21(25)28/h1-10,13-14H,11-12H2,(H2,25,28)(H2,26,27,29,31). The van der Waals surface area contributed by atoms with Gasteiger partial charge in [-0.3, -0.25) is 14.9 Å². The van der Waals surface area contributed by atoms with Gasteiger partial charge in [-0.15, -0.1) is 0 Å². The second-order valence-electron chi connectivity index (χ2n) is 6.58. The minimum Gasteiger partial charge on any atom is -0.492 e. The van der Waals surface area contributed by atoms with E-state index in [-0.39, 0.29) is 11.0 Å². The van der Waals surface area contributed by atoms with E-state index in [9.17, 15) is 9.59 Å². The second kappa shape index (κ2) is 10.7. The number of primary amides is 1. The SMILES string of the molecule is NC(=O)c1cccc(NC(=S)NC(=O)c2ccc(OCCc3ccccc3)c(Br)c2)c1. The van der Waals surface area contributed by atoms with Crippen LogP contribution in [0.3, 0.4) is 0 Å². The van der Waals surface area contributed by atoms with Crippen molar-refractivity contribution >= 4 is 50.8 Å². The molecule has 0 aliphatic heterocycles. The predicted molar refractivity (Wildman–Crippen MR) is 128 cm³/mol. The fourth-order valence-corrected chi connectivity index (χ4v) is 3.47. The number of carbonyl (C=O) groups is 2. The molecule has 3 rings (SSSR count). The lowest BCUT2D eigenvalue weighted by Crippen LogP contribution is -2.34. The molecule has 3 aromatic rings. The van der Waals surface area contributed by atoms with Crippen molar-refractivity contribution in [2.45, 2.75) is 6.42 Å². The molecule has 3 aromatic carbocycles. The predicted octanol–water partition coefficient (Wildman–Crippen LogP) is 4.30. The quantitative estimate of drug-likeness (QED) is 0.423. The van der Waals surface area contributed by atoms with Crippen LogP contribution in [0.4, 0.5) is 5.69 Å². The number of amides is 2. The van der Waals surface area contributed by atoms with E-state index in [0.717, 1.165) is 6.42 Å². The third-order valence-corrected chi connectivity index (χ3v) is 5.14. The summed E-state index contributed by atoms with van der Waals surface area (Å²) in [6.07, 6.45) is 0.784. The molecule has 0 unspecified atom stereocenters. The molecule has 6 nitrogen and oxygen atoms in total. The Labute approximate surface area is 193 Å². The minimum atomic E-state index is -0.547. The van der Waals surface area contributed by atoms with E-state index in [1.807, 2.05) is 30.3 Å². The molecule has 0 aromatic heterocycles. The van der Waals surface area contributed by atoms with Gasteiger partial charge in [0.25, 0.3) is 5.91 Å². The highest BCUT2D eigenvalue weighted by Gasteiger charge is 2.12. The van der Waals surface area contributed by atoms with Gasteiger partial charge < -0.3 is 15.8 Å². The molecule has 31 heavy (non-hydrogen) atoms. The van der Waals surface area contributed by atoms with Crippen LogP contribution < -0.4 is 21.1 Å². The van der Waals surface area contributed by atoms with Gasteiger partial charge >= 0.3 is 0 Å². The van der Waals surface area contributed by atoms with E-state index in [2.05, 4.69) is 26.6 Å². The van der Waals surface area contributed by atoms with E-state index >= 15 is 0 Å². The number of carbonyl (C=O) groups excluding carboxylic acids is 2. The summed E-state index contributed by atoms with van der Waals surface area (Å²) in [7, 11) is 0. The average Bonchev–Trinajstić information content (AvgIpc) is 2.75. The summed E-state index contributed by atoms with van der Waals surface area (Å²) in [6.45, 7) is 0.520. The summed E-state index contributed by atoms with van der Waals surface area (Å²) in [5, 5.41) is 5.57. The van der Waals surface area contributed by atoms with Gasteiger partial charge in [0.15, 0.2) is 5.11 Å². The van der Waals surface area contributed by atoms with Crippen LogP contribution in [0.2, 0.25) is 0 Å². The van der Waals surface area contributed by atoms with Crippen molar-refractivity contribution in [1.82, 2.24) is 5.32 Å². The van der Waals surface area contributed by atoms with Crippen molar-refractivity contribution in [1.29, 1.82) is 0 Å². The van der Waals surface area contributed by atoms with Gasteiger partial charge in [0.2, 0.25) is 5.91 Å². The van der Waals surface area contributed by atoms with Crippen LogP contribution >= 0.6 is 28.1 Å². The lowest BCUT2D eigenvalue weighted by atomic mass is 10.2. The van der Waals surface area contributed by atoms with Gasteiger partial charge in [0.1, 0.15) is 5.75 Å². The molecule has 0 radical (unpaired) electrons. The Bertz CT molecular complexity index is 1110. The van der Waals surface area contributed by atoms with Crippen molar-refractivity contribution in [2.75, 3.05) is 11.9 Å². The molecule has 0 atom stereocenters. The van der Waals surface area contributed by atoms with Crippen LogP contribution in [-0.4, -0.2) is 23.5 Å². The van der Waals surface area contributed by atoms with Gasteiger partial charge in [-0.1, -0.05) is 36.4 Å². The fourth-order valence-electron chi connectivity index (χ4n) is 2.77. The maximum absolute atomic E-state index is 12.5. The van der Waals surface area contributed by atoms with Crippen molar-refractivity contribution in [3.8, 4) is 5.75 Å². The maximum atomic E-state index is 12.5. The summed E-state index contributed by atoms with van der Waals surface area (Å²) < 4.78 is 6.48. The molecule has 158 valence electrons. The maximum Gasteiger partial charge on any atom is 0.257 e. The molecular weight excluding hydrogens is 478 g/mol.